The van der Waals surface area contributed by atoms with Crippen molar-refractivity contribution >= 4 is 17.2 Å². The molecule has 0 radical (unpaired) electrons. The number of amides is 1. The van der Waals surface area contributed by atoms with E-state index in [1.807, 2.05) is 29.0 Å². The third kappa shape index (κ3) is 3.08. The van der Waals surface area contributed by atoms with E-state index in [4.69, 9.17) is 10.8 Å². The molecule has 0 saturated carbocycles. The first kappa shape index (κ1) is 16.4. The van der Waals surface area contributed by atoms with Gasteiger partial charge < -0.3 is 15.4 Å². The molecule has 0 saturated heterocycles. The molecule has 124 valence electrons. The van der Waals surface area contributed by atoms with Gasteiger partial charge in [0, 0.05) is 42.2 Å². The lowest BCUT2D eigenvalue weighted by Crippen LogP contribution is -2.12. The molecule has 0 unspecified atom stereocenters. The van der Waals surface area contributed by atoms with Gasteiger partial charge in [-0.1, -0.05) is 0 Å². The molecule has 7 heteroatoms. The van der Waals surface area contributed by atoms with Crippen LogP contribution in [0.1, 0.15) is 22.5 Å². The van der Waals surface area contributed by atoms with Crippen molar-refractivity contribution in [1.29, 1.82) is 0 Å². The Hall–Kier alpha value is -2.51. The number of thiazole rings is 1. The molecule has 3 N–H and O–H groups in total. The molecule has 3 heterocycles. The quantitative estimate of drug-likeness (QED) is 0.719. The SMILES string of the molecule is Cc1c(C(N)=O)cc(-c2csc(-c3cccnc3)n2)n1CCCO. The fraction of sp³-hybridized carbons (Fsp3) is 0.235. The molecule has 0 aliphatic carbocycles. The normalized spacial score (nSPS) is 10.9. The molecule has 3 aromatic heterocycles. The summed E-state index contributed by atoms with van der Waals surface area (Å²) < 4.78 is 1.98. The molecule has 0 aliphatic rings. The number of nitrogens with zero attached hydrogens (tertiary/aromatic N) is 3. The Morgan fingerprint density at radius 2 is 2.29 bits per heavy atom. The van der Waals surface area contributed by atoms with E-state index >= 15 is 0 Å². The van der Waals surface area contributed by atoms with Crippen molar-refractivity contribution in [3.05, 3.63) is 47.2 Å². The van der Waals surface area contributed by atoms with Crippen LogP contribution in [0.4, 0.5) is 0 Å². The highest BCUT2D eigenvalue weighted by Gasteiger charge is 2.18. The second kappa shape index (κ2) is 6.94. The predicted molar refractivity (Wildman–Crippen MR) is 93.7 cm³/mol. The largest absolute Gasteiger partial charge is 0.396 e. The van der Waals surface area contributed by atoms with Gasteiger partial charge in [-0.2, -0.15) is 0 Å². The van der Waals surface area contributed by atoms with Crippen molar-refractivity contribution in [1.82, 2.24) is 14.5 Å². The number of aromatic nitrogens is 3. The lowest BCUT2D eigenvalue weighted by atomic mass is 10.2. The number of pyridine rings is 1. The molecule has 1 amide bonds. The van der Waals surface area contributed by atoms with Gasteiger partial charge in [0.1, 0.15) is 5.01 Å². The Kier molecular flexibility index (Phi) is 4.73. The molecular formula is C17H18N4O2S. The summed E-state index contributed by atoms with van der Waals surface area (Å²) in [6.45, 7) is 2.54. The van der Waals surface area contributed by atoms with E-state index in [1.165, 1.54) is 11.3 Å². The van der Waals surface area contributed by atoms with Gasteiger partial charge in [-0.25, -0.2) is 4.98 Å². The van der Waals surface area contributed by atoms with E-state index in [9.17, 15) is 4.79 Å². The van der Waals surface area contributed by atoms with Crippen LogP contribution in [0, 0.1) is 6.92 Å². The molecule has 6 nitrogen and oxygen atoms in total. The maximum absolute atomic E-state index is 11.7. The highest BCUT2D eigenvalue weighted by atomic mass is 32.1. The lowest BCUT2D eigenvalue weighted by molar-refractivity contribution is 0.0999. The summed E-state index contributed by atoms with van der Waals surface area (Å²) in [6, 6.07) is 5.60. The maximum atomic E-state index is 11.7. The molecule has 0 aromatic carbocycles. The molecular weight excluding hydrogens is 324 g/mol. The van der Waals surface area contributed by atoms with E-state index in [1.54, 1.807) is 18.5 Å². The summed E-state index contributed by atoms with van der Waals surface area (Å²) in [5.41, 5.74) is 9.32. The van der Waals surface area contributed by atoms with E-state index in [0.717, 1.165) is 27.7 Å². The summed E-state index contributed by atoms with van der Waals surface area (Å²) in [6.07, 6.45) is 4.09. The monoisotopic (exact) mass is 342 g/mol. The molecule has 0 spiro atoms. The number of carbonyl (C=O) groups is 1. The van der Waals surface area contributed by atoms with Crippen LogP contribution in [0.5, 0.6) is 0 Å². The van der Waals surface area contributed by atoms with Crippen LogP contribution in [0.25, 0.3) is 22.0 Å². The minimum absolute atomic E-state index is 0.0843. The topological polar surface area (TPSA) is 94.0 Å². The second-order valence-electron chi connectivity index (χ2n) is 5.40. The Morgan fingerprint density at radius 1 is 1.46 bits per heavy atom. The van der Waals surface area contributed by atoms with Crippen LogP contribution < -0.4 is 5.73 Å². The van der Waals surface area contributed by atoms with Gasteiger partial charge >= 0.3 is 0 Å². The molecule has 3 rings (SSSR count). The van der Waals surface area contributed by atoms with Gasteiger partial charge in [0.05, 0.1) is 17.0 Å². The maximum Gasteiger partial charge on any atom is 0.250 e. The van der Waals surface area contributed by atoms with Crippen molar-refractivity contribution in [3.63, 3.8) is 0 Å². The van der Waals surface area contributed by atoms with Gasteiger partial charge in [-0.05, 0) is 31.5 Å². The summed E-state index contributed by atoms with van der Waals surface area (Å²) >= 11 is 1.52. The molecule has 0 aliphatic heterocycles. The first-order valence-corrected chi connectivity index (χ1v) is 8.47. The first-order valence-electron chi connectivity index (χ1n) is 7.59. The van der Waals surface area contributed by atoms with Crippen molar-refractivity contribution in [2.45, 2.75) is 19.9 Å². The minimum atomic E-state index is -0.459. The molecule has 0 atom stereocenters. The van der Waals surface area contributed by atoms with Gasteiger partial charge in [-0.15, -0.1) is 11.3 Å². The average molecular weight is 342 g/mol. The fourth-order valence-corrected chi connectivity index (χ4v) is 3.44. The number of aliphatic hydroxyl groups is 1. The molecule has 0 fully saturated rings. The zero-order valence-electron chi connectivity index (χ0n) is 13.3. The number of rotatable bonds is 6. The molecule has 0 bridgehead atoms. The number of nitrogens with two attached hydrogens (primary N) is 1. The van der Waals surface area contributed by atoms with Crippen molar-refractivity contribution < 1.29 is 9.90 Å². The van der Waals surface area contributed by atoms with E-state index in [2.05, 4.69) is 9.97 Å². The zero-order chi connectivity index (χ0) is 17.1. The summed E-state index contributed by atoms with van der Waals surface area (Å²) in [7, 11) is 0. The average Bonchev–Trinajstić information content (AvgIpc) is 3.19. The van der Waals surface area contributed by atoms with Crippen molar-refractivity contribution in [2.75, 3.05) is 6.61 Å². The van der Waals surface area contributed by atoms with E-state index < -0.39 is 5.91 Å². The van der Waals surface area contributed by atoms with Gasteiger partial charge in [0.2, 0.25) is 0 Å². The number of hydrogen-bond acceptors (Lipinski definition) is 5. The van der Waals surface area contributed by atoms with Gasteiger partial charge in [0.25, 0.3) is 5.91 Å². The Morgan fingerprint density at radius 3 is 2.96 bits per heavy atom. The van der Waals surface area contributed by atoms with Gasteiger partial charge in [0.15, 0.2) is 0 Å². The number of primary amides is 1. The highest BCUT2D eigenvalue weighted by Crippen LogP contribution is 2.31. The second-order valence-corrected chi connectivity index (χ2v) is 6.26. The zero-order valence-corrected chi connectivity index (χ0v) is 14.1. The fourth-order valence-electron chi connectivity index (χ4n) is 2.64. The molecule has 24 heavy (non-hydrogen) atoms. The third-order valence-electron chi connectivity index (χ3n) is 3.85. The van der Waals surface area contributed by atoms with Crippen LogP contribution >= 0.6 is 11.3 Å². The summed E-state index contributed by atoms with van der Waals surface area (Å²) in [4.78, 5) is 20.4. The standard InChI is InChI=1S/C17H18N4O2S/c1-11-13(16(18)23)8-15(21(11)6-3-7-22)14-10-24-17(20-14)12-4-2-5-19-9-12/h2,4-5,8-10,22H,3,6-7H2,1H3,(H2,18,23). The predicted octanol–water partition coefficient (Wildman–Crippen LogP) is 2.46. The van der Waals surface area contributed by atoms with Crippen LogP contribution in [-0.4, -0.2) is 32.2 Å². The van der Waals surface area contributed by atoms with E-state index in [0.29, 0.717) is 18.5 Å². The first-order chi connectivity index (χ1) is 11.6. The third-order valence-corrected chi connectivity index (χ3v) is 4.74. The smallest absolute Gasteiger partial charge is 0.250 e. The van der Waals surface area contributed by atoms with Crippen LogP contribution in [0.15, 0.2) is 36.0 Å². The Bertz CT molecular complexity index is 855. The summed E-state index contributed by atoms with van der Waals surface area (Å²) in [5.74, 6) is -0.459. The van der Waals surface area contributed by atoms with Crippen LogP contribution in [0.2, 0.25) is 0 Å². The van der Waals surface area contributed by atoms with Crippen LogP contribution in [0.3, 0.4) is 0 Å². The van der Waals surface area contributed by atoms with Crippen molar-refractivity contribution in [3.8, 4) is 22.0 Å². The number of hydrogen-bond donors (Lipinski definition) is 2. The van der Waals surface area contributed by atoms with Gasteiger partial charge in [-0.3, -0.25) is 9.78 Å². The van der Waals surface area contributed by atoms with E-state index in [-0.39, 0.29) is 6.61 Å². The van der Waals surface area contributed by atoms with Crippen LogP contribution in [-0.2, 0) is 6.54 Å². The summed E-state index contributed by atoms with van der Waals surface area (Å²) in [5, 5.41) is 11.9. The number of carbonyl (C=O) groups excluding carboxylic acids is 1. The molecule has 3 aromatic rings. The Balaban J connectivity index is 2.04. The van der Waals surface area contributed by atoms with Crippen molar-refractivity contribution in [2.24, 2.45) is 5.73 Å². The Labute approximate surface area is 143 Å². The highest BCUT2D eigenvalue weighted by molar-refractivity contribution is 7.13. The minimum Gasteiger partial charge on any atom is -0.396 e. The number of aliphatic hydroxyl groups excluding tert-OH is 1. The lowest BCUT2D eigenvalue weighted by Gasteiger charge is -2.09.